The van der Waals surface area contributed by atoms with Crippen molar-refractivity contribution in [3.63, 3.8) is 0 Å². The van der Waals surface area contributed by atoms with Gasteiger partial charge < -0.3 is 14.7 Å². The molecule has 1 saturated heterocycles. The van der Waals surface area contributed by atoms with Crippen LogP contribution in [-0.2, 0) is 4.74 Å². The summed E-state index contributed by atoms with van der Waals surface area (Å²) >= 11 is 0. The molecule has 4 nitrogen and oxygen atoms in total. The molecule has 1 aliphatic heterocycles. The summed E-state index contributed by atoms with van der Waals surface area (Å²) in [6, 6.07) is 0. The number of hydrogen-bond acceptors (Lipinski definition) is 3. The zero-order chi connectivity index (χ0) is 12.3. The largest absolute Gasteiger partial charge is 0.444 e. The molecule has 0 aromatic rings. The lowest BCUT2D eigenvalue weighted by molar-refractivity contribution is 0.0221. The number of aliphatic hydroxyl groups is 1. The van der Waals surface area contributed by atoms with Gasteiger partial charge in [-0.3, -0.25) is 0 Å². The smallest absolute Gasteiger partial charge is 0.410 e. The normalized spacial score (nSPS) is 27.4. The van der Waals surface area contributed by atoms with Crippen LogP contribution >= 0.6 is 0 Å². The van der Waals surface area contributed by atoms with Crippen molar-refractivity contribution in [3.8, 4) is 0 Å². The van der Waals surface area contributed by atoms with E-state index in [9.17, 15) is 14.3 Å². The van der Waals surface area contributed by atoms with Gasteiger partial charge in [0.25, 0.3) is 0 Å². The Bertz CT molecular complexity index is 252. The molecular formula is C11H20FNO3. The van der Waals surface area contributed by atoms with E-state index in [0.29, 0.717) is 13.0 Å². The number of amides is 1. The minimum atomic E-state index is -1.18. The highest BCUT2D eigenvalue weighted by Gasteiger charge is 2.28. The van der Waals surface area contributed by atoms with Gasteiger partial charge in [-0.15, -0.1) is 0 Å². The quantitative estimate of drug-likeness (QED) is 0.693. The summed E-state index contributed by atoms with van der Waals surface area (Å²) in [5.41, 5.74) is -0.576. The molecule has 0 aromatic carbocycles. The van der Waals surface area contributed by atoms with Crippen molar-refractivity contribution in [2.75, 3.05) is 13.1 Å². The minimum Gasteiger partial charge on any atom is -0.444 e. The van der Waals surface area contributed by atoms with E-state index in [2.05, 4.69) is 0 Å². The van der Waals surface area contributed by atoms with Gasteiger partial charge in [0.05, 0.1) is 12.6 Å². The molecule has 0 aromatic heterocycles. The molecule has 0 radical (unpaired) electrons. The number of carbonyl (C=O) groups excluding carboxylic acids is 1. The highest BCUT2D eigenvalue weighted by atomic mass is 19.1. The topological polar surface area (TPSA) is 49.8 Å². The summed E-state index contributed by atoms with van der Waals surface area (Å²) in [6.45, 7) is 5.65. The monoisotopic (exact) mass is 233 g/mol. The third-order valence-electron chi connectivity index (χ3n) is 2.33. The second-order valence-corrected chi connectivity index (χ2v) is 5.20. The highest BCUT2D eigenvalue weighted by Crippen LogP contribution is 2.17. The summed E-state index contributed by atoms with van der Waals surface area (Å²) in [5.74, 6) is 0. The summed E-state index contributed by atoms with van der Waals surface area (Å²) in [6.07, 6.45) is -1.85. The fourth-order valence-electron chi connectivity index (χ4n) is 1.62. The number of carbonyl (C=O) groups is 1. The van der Waals surface area contributed by atoms with Crippen molar-refractivity contribution in [3.05, 3.63) is 0 Å². The van der Waals surface area contributed by atoms with E-state index in [4.69, 9.17) is 4.74 Å². The Balaban J connectivity index is 2.55. The maximum absolute atomic E-state index is 13.3. The van der Waals surface area contributed by atoms with Crippen molar-refractivity contribution in [2.45, 2.75) is 51.5 Å². The third-order valence-corrected chi connectivity index (χ3v) is 2.33. The van der Waals surface area contributed by atoms with E-state index in [-0.39, 0.29) is 13.0 Å². The highest BCUT2D eigenvalue weighted by molar-refractivity contribution is 5.68. The maximum Gasteiger partial charge on any atom is 0.410 e. The summed E-state index contributed by atoms with van der Waals surface area (Å²) in [5, 5.41) is 9.37. The van der Waals surface area contributed by atoms with Gasteiger partial charge in [0.2, 0.25) is 0 Å². The van der Waals surface area contributed by atoms with Gasteiger partial charge >= 0.3 is 6.09 Å². The first kappa shape index (κ1) is 13.2. The van der Waals surface area contributed by atoms with Crippen LogP contribution in [-0.4, -0.2) is 47.1 Å². The Labute approximate surface area is 95.4 Å². The number of alkyl halides is 1. The number of hydrogen-bond donors (Lipinski definition) is 1. The Morgan fingerprint density at radius 1 is 1.50 bits per heavy atom. The van der Waals surface area contributed by atoms with Crippen molar-refractivity contribution < 1.29 is 19.0 Å². The summed E-state index contributed by atoms with van der Waals surface area (Å²) < 4.78 is 18.5. The van der Waals surface area contributed by atoms with E-state index in [0.717, 1.165) is 0 Å². The van der Waals surface area contributed by atoms with Crippen LogP contribution in [0.25, 0.3) is 0 Å². The number of aliphatic hydroxyl groups excluding tert-OH is 1. The van der Waals surface area contributed by atoms with Gasteiger partial charge in [-0.25, -0.2) is 9.18 Å². The average Bonchev–Trinajstić information content (AvgIpc) is 2.23. The van der Waals surface area contributed by atoms with E-state index < -0.39 is 24.0 Å². The van der Waals surface area contributed by atoms with Crippen molar-refractivity contribution >= 4 is 6.09 Å². The summed E-state index contributed by atoms with van der Waals surface area (Å²) in [4.78, 5) is 13.0. The fourth-order valence-corrected chi connectivity index (χ4v) is 1.62. The zero-order valence-electron chi connectivity index (χ0n) is 10.1. The van der Waals surface area contributed by atoms with Crippen LogP contribution in [0, 0.1) is 0 Å². The van der Waals surface area contributed by atoms with Gasteiger partial charge in [-0.1, -0.05) is 0 Å². The lowest BCUT2D eigenvalue weighted by Gasteiger charge is -2.26. The second kappa shape index (κ2) is 4.99. The molecule has 1 aliphatic rings. The Morgan fingerprint density at radius 3 is 2.69 bits per heavy atom. The van der Waals surface area contributed by atoms with E-state index in [1.54, 1.807) is 20.8 Å². The van der Waals surface area contributed by atoms with Gasteiger partial charge in [-0.05, 0) is 27.2 Å². The molecule has 1 amide bonds. The Kier molecular flexibility index (Phi) is 4.13. The molecule has 0 unspecified atom stereocenters. The second-order valence-electron chi connectivity index (χ2n) is 5.20. The van der Waals surface area contributed by atoms with E-state index in [1.165, 1.54) is 4.90 Å². The molecule has 94 valence electrons. The number of halogens is 1. The molecule has 0 bridgehead atoms. The van der Waals surface area contributed by atoms with Crippen LogP contribution in [0.2, 0.25) is 0 Å². The molecule has 1 heterocycles. The van der Waals surface area contributed by atoms with Crippen LogP contribution in [0.3, 0.4) is 0 Å². The minimum absolute atomic E-state index is 0.00593. The SMILES string of the molecule is CC(C)(C)OC(=O)N1CC[C@H](O)C[C@H](F)C1. The molecule has 16 heavy (non-hydrogen) atoms. The first-order chi connectivity index (χ1) is 7.28. The van der Waals surface area contributed by atoms with Crippen molar-refractivity contribution in [1.29, 1.82) is 0 Å². The maximum atomic E-state index is 13.3. The van der Waals surface area contributed by atoms with Crippen molar-refractivity contribution in [2.24, 2.45) is 0 Å². The van der Waals surface area contributed by atoms with Crippen LogP contribution in [0.5, 0.6) is 0 Å². The third kappa shape index (κ3) is 4.35. The Morgan fingerprint density at radius 2 is 2.12 bits per heavy atom. The molecule has 1 rings (SSSR count). The predicted molar refractivity (Wildman–Crippen MR) is 57.9 cm³/mol. The molecule has 0 aliphatic carbocycles. The van der Waals surface area contributed by atoms with Gasteiger partial charge in [0.1, 0.15) is 11.8 Å². The number of nitrogens with zero attached hydrogens (tertiary/aromatic N) is 1. The number of ether oxygens (including phenoxy) is 1. The Hall–Kier alpha value is -0.840. The van der Waals surface area contributed by atoms with E-state index >= 15 is 0 Å². The molecule has 0 spiro atoms. The predicted octanol–water partition coefficient (Wildman–Crippen LogP) is 1.72. The van der Waals surface area contributed by atoms with Gasteiger partial charge in [0.15, 0.2) is 0 Å². The summed E-state index contributed by atoms with van der Waals surface area (Å²) in [7, 11) is 0. The molecule has 0 saturated carbocycles. The lowest BCUT2D eigenvalue weighted by Crippen LogP contribution is -2.39. The van der Waals surface area contributed by atoms with Crippen LogP contribution in [0.15, 0.2) is 0 Å². The average molecular weight is 233 g/mol. The first-order valence-electron chi connectivity index (χ1n) is 5.58. The van der Waals surface area contributed by atoms with Crippen LogP contribution in [0.1, 0.15) is 33.6 Å². The van der Waals surface area contributed by atoms with E-state index in [1.807, 2.05) is 0 Å². The molecule has 1 N–H and O–H groups in total. The van der Waals surface area contributed by atoms with Crippen LogP contribution in [0.4, 0.5) is 9.18 Å². The lowest BCUT2D eigenvalue weighted by atomic mass is 10.1. The number of likely N-dealkylation sites (tertiary alicyclic amines) is 1. The fraction of sp³-hybridized carbons (Fsp3) is 0.909. The van der Waals surface area contributed by atoms with Gasteiger partial charge in [0, 0.05) is 13.0 Å². The molecular weight excluding hydrogens is 213 g/mol. The molecule has 2 atom stereocenters. The molecule has 1 fully saturated rings. The van der Waals surface area contributed by atoms with Crippen molar-refractivity contribution in [1.82, 2.24) is 4.90 Å². The van der Waals surface area contributed by atoms with Gasteiger partial charge in [-0.2, -0.15) is 0 Å². The number of rotatable bonds is 0. The first-order valence-corrected chi connectivity index (χ1v) is 5.58. The molecule has 5 heteroatoms. The zero-order valence-corrected chi connectivity index (χ0v) is 10.1. The standard InChI is InChI=1S/C11H20FNO3/c1-11(2,3)16-10(15)13-5-4-9(14)6-8(12)7-13/h8-9,14H,4-7H2,1-3H3/t8-,9-/m0/s1. The van der Waals surface area contributed by atoms with Crippen LogP contribution < -0.4 is 0 Å².